The molecule has 2 aromatic carbocycles. The minimum atomic E-state index is -0.172. The number of benzene rings is 2. The SMILES string of the molecule is CCN1CCC(CN=C(NCCc2ccccc2F)Nc2ccc3c(c2)OCCCO3)C1.I. The van der Waals surface area contributed by atoms with Gasteiger partial charge in [0.25, 0.3) is 0 Å². The molecule has 0 spiro atoms. The molecule has 0 aromatic heterocycles. The number of aliphatic imine (C=N–C) groups is 1. The van der Waals surface area contributed by atoms with Gasteiger partial charge in [-0.2, -0.15) is 0 Å². The Hall–Kier alpha value is -2.07. The molecule has 33 heavy (non-hydrogen) atoms. The second-order valence-electron chi connectivity index (χ2n) is 8.34. The summed E-state index contributed by atoms with van der Waals surface area (Å²) < 4.78 is 25.5. The van der Waals surface area contributed by atoms with Crippen molar-refractivity contribution in [3.8, 4) is 11.5 Å². The lowest BCUT2D eigenvalue weighted by Crippen LogP contribution is -2.33. The number of fused-ring (bicyclic) bond motifs is 1. The standard InChI is InChI=1S/C25H33FN4O2.HI/c1-2-30-13-11-19(18-30)17-28-25(27-12-10-20-6-3-4-7-22(20)26)29-21-8-9-23-24(16-21)32-15-5-14-31-23;/h3-4,6-9,16,19H,2,5,10-15,17-18H2,1H3,(H2,27,28,29);1H. The first-order valence-corrected chi connectivity index (χ1v) is 11.6. The molecule has 0 bridgehead atoms. The zero-order chi connectivity index (χ0) is 22.2. The molecule has 6 nitrogen and oxygen atoms in total. The molecule has 1 atom stereocenters. The van der Waals surface area contributed by atoms with Crippen LogP contribution in [0.1, 0.15) is 25.3 Å². The van der Waals surface area contributed by atoms with Gasteiger partial charge in [-0.05, 0) is 55.6 Å². The molecule has 2 N–H and O–H groups in total. The van der Waals surface area contributed by atoms with E-state index in [0.29, 0.717) is 43.6 Å². The quantitative estimate of drug-likeness (QED) is 0.292. The van der Waals surface area contributed by atoms with Crippen LogP contribution in [0.5, 0.6) is 11.5 Å². The number of rotatable bonds is 7. The molecule has 180 valence electrons. The smallest absolute Gasteiger partial charge is 0.195 e. The number of ether oxygens (including phenoxy) is 2. The second-order valence-corrected chi connectivity index (χ2v) is 8.34. The first kappa shape index (κ1) is 25.6. The Bertz CT molecular complexity index is 927. The van der Waals surface area contributed by atoms with Crippen LogP contribution in [-0.2, 0) is 6.42 Å². The Balaban J connectivity index is 0.00000306. The van der Waals surface area contributed by atoms with Gasteiger partial charge in [-0.3, -0.25) is 4.99 Å². The highest BCUT2D eigenvalue weighted by Gasteiger charge is 2.21. The number of hydrogen-bond acceptors (Lipinski definition) is 4. The third-order valence-corrected chi connectivity index (χ3v) is 5.98. The fourth-order valence-corrected chi connectivity index (χ4v) is 4.10. The average Bonchev–Trinajstić information content (AvgIpc) is 3.15. The van der Waals surface area contributed by atoms with E-state index in [4.69, 9.17) is 14.5 Å². The van der Waals surface area contributed by atoms with Crippen molar-refractivity contribution < 1.29 is 13.9 Å². The van der Waals surface area contributed by atoms with Crippen LogP contribution in [0.3, 0.4) is 0 Å². The van der Waals surface area contributed by atoms with E-state index in [0.717, 1.165) is 49.8 Å². The number of hydrogen-bond donors (Lipinski definition) is 2. The molecule has 0 amide bonds. The highest BCUT2D eigenvalue weighted by atomic mass is 127. The van der Waals surface area contributed by atoms with Gasteiger partial charge in [0.15, 0.2) is 17.5 Å². The van der Waals surface area contributed by atoms with E-state index >= 15 is 0 Å². The van der Waals surface area contributed by atoms with Crippen molar-refractivity contribution in [2.75, 3.05) is 51.3 Å². The molecule has 1 unspecified atom stereocenters. The van der Waals surface area contributed by atoms with E-state index in [1.807, 2.05) is 30.3 Å². The summed E-state index contributed by atoms with van der Waals surface area (Å²) in [5.41, 5.74) is 1.58. The van der Waals surface area contributed by atoms with Gasteiger partial charge in [0.1, 0.15) is 5.82 Å². The van der Waals surface area contributed by atoms with Gasteiger partial charge < -0.3 is 25.0 Å². The van der Waals surface area contributed by atoms with Crippen molar-refractivity contribution in [1.82, 2.24) is 10.2 Å². The summed E-state index contributed by atoms with van der Waals surface area (Å²) in [4.78, 5) is 7.32. The maximum Gasteiger partial charge on any atom is 0.195 e. The largest absolute Gasteiger partial charge is 0.490 e. The number of guanidine groups is 1. The fraction of sp³-hybridized carbons (Fsp3) is 0.480. The van der Waals surface area contributed by atoms with Gasteiger partial charge >= 0.3 is 0 Å². The van der Waals surface area contributed by atoms with E-state index in [1.165, 1.54) is 12.5 Å². The minimum absolute atomic E-state index is 0. The van der Waals surface area contributed by atoms with Crippen LogP contribution < -0.4 is 20.1 Å². The number of halogens is 2. The number of likely N-dealkylation sites (tertiary alicyclic amines) is 1. The van der Waals surface area contributed by atoms with Crippen molar-refractivity contribution in [2.24, 2.45) is 10.9 Å². The van der Waals surface area contributed by atoms with Crippen LogP contribution >= 0.6 is 24.0 Å². The summed E-state index contributed by atoms with van der Waals surface area (Å²) in [5.74, 6) is 2.60. The summed E-state index contributed by atoms with van der Waals surface area (Å²) in [7, 11) is 0. The maximum absolute atomic E-state index is 14.0. The number of nitrogens with one attached hydrogen (secondary N) is 2. The molecule has 0 radical (unpaired) electrons. The normalized spacial score (nSPS) is 18.4. The van der Waals surface area contributed by atoms with Crippen molar-refractivity contribution in [2.45, 2.75) is 26.2 Å². The second kappa shape index (κ2) is 13.0. The van der Waals surface area contributed by atoms with Crippen LogP contribution in [-0.4, -0.2) is 56.8 Å². The Kier molecular flexibility index (Phi) is 10.1. The van der Waals surface area contributed by atoms with E-state index in [1.54, 1.807) is 6.07 Å². The fourth-order valence-electron chi connectivity index (χ4n) is 4.10. The summed E-state index contributed by atoms with van der Waals surface area (Å²) in [6.45, 7) is 8.18. The lowest BCUT2D eigenvalue weighted by molar-refractivity contribution is 0.297. The Morgan fingerprint density at radius 2 is 1.97 bits per heavy atom. The topological polar surface area (TPSA) is 58.1 Å². The summed E-state index contributed by atoms with van der Waals surface area (Å²) >= 11 is 0. The summed E-state index contributed by atoms with van der Waals surface area (Å²) in [5, 5.41) is 6.77. The van der Waals surface area contributed by atoms with E-state index in [9.17, 15) is 4.39 Å². The molecule has 0 saturated carbocycles. The highest BCUT2D eigenvalue weighted by molar-refractivity contribution is 14.0. The molecular formula is C25H34FIN4O2. The molecule has 1 fully saturated rings. The third-order valence-electron chi connectivity index (χ3n) is 5.98. The van der Waals surface area contributed by atoms with Crippen LogP contribution in [0, 0.1) is 11.7 Å². The summed E-state index contributed by atoms with van der Waals surface area (Å²) in [6, 6.07) is 12.7. The van der Waals surface area contributed by atoms with Gasteiger partial charge in [0.2, 0.25) is 0 Å². The molecular weight excluding hydrogens is 534 g/mol. The molecule has 2 aromatic rings. The Morgan fingerprint density at radius 1 is 1.15 bits per heavy atom. The zero-order valence-electron chi connectivity index (χ0n) is 19.2. The van der Waals surface area contributed by atoms with E-state index < -0.39 is 0 Å². The minimum Gasteiger partial charge on any atom is -0.490 e. The molecule has 1 saturated heterocycles. The predicted molar refractivity (Wildman–Crippen MR) is 142 cm³/mol. The van der Waals surface area contributed by atoms with Crippen molar-refractivity contribution in [3.05, 3.63) is 53.8 Å². The van der Waals surface area contributed by atoms with Gasteiger partial charge in [0.05, 0.1) is 13.2 Å². The number of anilines is 1. The molecule has 2 aliphatic rings. The molecule has 2 aliphatic heterocycles. The van der Waals surface area contributed by atoms with Gasteiger partial charge in [-0.1, -0.05) is 25.1 Å². The van der Waals surface area contributed by atoms with Gasteiger partial charge in [-0.15, -0.1) is 24.0 Å². The highest BCUT2D eigenvalue weighted by Crippen LogP contribution is 2.32. The van der Waals surface area contributed by atoms with Crippen molar-refractivity contribution in [1.29, 1.82) is 0 Å². The van der Waals surface area contributed by atoms with E-state index in [2.05, 4.69) is 22.5 Å². The van der Waals surface area contributed by atoms with Crippen LogP contribution in [0.4, 0.5) is 10.1 Å². The van der Waals surface area contributed by atoms with Crippen molar-refractivity contribution in [3.63, 3.8) is 0 Å². The van der Waals surface area contributed by atoms with Crippen molar-refractivity contribution >= 4 is 35.6 Å². The van der Waals surface area contributed by atoms with E-state index in [-0.39, 0.29) is 29.8 Å². The lowest BCUT2D eigenvalue weighted by Gasteiger charge is -2.16. The maximum atomic E-state index is 14.0. The molecule has 8 heteroatoms. The monoisotopic (exact) mass is 568 g/mol. The average molecular weight is 568 g/mol. The third kappa shape index (κ3) is 7.46. The van der Waals surface area contributed by atoms with Crippen LogP contribution in [0.2, 0.25) is 0 Å². The molecule has 2 heterocycles. The molecule has 0 aliphatic carbocycles. The molecule has 4 rings (SSSR count). The summed E-state index contributed by atoms with van der Waals surface area (Å²) in [6.07, 6.45) is 2.63. The zero-order valence-corrected chi connectivity index (χ0v) is 21.5. The van der Waals surface area contributed by atoms with Gasteiger partial charge in [-0.25, -0.2) is 4.39 Å². The van der Waals surface area contributed by atoms with Gasteiger partial charge in [0, 0.05) is 37.8 Å². The Morgan fingerprint density at radius 3 is 2.76 bits per heavy atom. The van der Waals surface area contributed by atoms with Crippen LogP contribution in [0.15, 0.2) is 47.5 Å². The predicted octanol–water partition coefficient (Wildman–Crippen LogP) is 4.55. The number of nitrogens with zero attached hydrogens (tertiary/aromatic N) is 2. The lowest BCUT2D eigenvalue weighted by atomic mass is 10.1. The van der Waals surface area contributed by atoms with Crippen LogP contribution in [0.25, 0.3) is 0 Å². The first-order chi connectivity index (χ1) is 15.7. The first-order valence-electron chi connectivity index (χ1n) is 11.6. The Labute approximate surface area is 213 Å².